The van der Waals surface area contributed by atoms with Crippen molar-refractivity contribution in [3.63, 3.8) is 0 Å². The minimum Gasteiger partial charge on any atom is -0.469 e. The van der Waals surface area contributed by atoms with E-state index < -0.39 is 0 Å². The predicted molar refractivity (Wildman–Crippen MR) is 75.3 cm³/mol. The second kappa shape index (κ2) is 4.20. The van der Waals surface area contributed by atoms with Crippen LogP contribution in [-0.4, -0.2) is 19.6 Å². The Hall–Kier alpha value is -3.09. The summed E-state index contributed by atoms with van der Waals surface area (Å²) in [6.45, 7) is 1.88. The Morgan fingerprint density at radius 3 is 2.76 bits per heavy atom. The van der Waals surface area contributed by atoms with Crippen molar-refractivity contribution in [3.05, 3.63) is 42.6 Å². The van der Waals surface area contributed by atoms with Gasteiger partial charge in [0.2, 0.25) is 11.8 Å². The number of aromatic nitrogens is 4. The van der Waals surface area contributed by atoms with E-state index in [1.807, 2.05) is 19.1 Å². The molecule has 2 N–H and O–H groups in total. The molecule has 0 unspecified atom stereocenters. The Balaban J connectivity index is 1.92. The normalized spacial score (nSPS) is 11.3. The lowest BCUT2D eigenvalue weighted by Gasteiger charge is -2.00. The molecule has 0 atom stereocenters. The molecule has 7 heteroatoms. The second-order valence-corrected chi connectivity index (χ2v) is 4.57. The van der Waals surface area contributed by atoms with Crippen LogP contribution in [0.4, 0.5) is 5.95 Å². The maximum atomic E-state index is 5.95. The van der Waals surface area contributed by atoms with Gasteiger partial charge in [0.25, 0.3) is 0 Å². The van der Waals surface area contributed by atoms with Crippen molar-refractivity contribution in [2.75, 3.05) is 5.73 Å². The highest BCUT2D eigenvalue weighted by Gasteiger charge is 2.14. The molecular weight excluding hydrogens is 270 g/mol. The second-order valence-electron chi connectivity index (χ2n) is 4.57. The average molecular weight is 281 g/mol. The third-order valence-electron chi connectivity index (χ3n) is 3.22. The summed E-state index contributed by atoms with van der Waals surface area (Å²) in [4.78, 5) is 8.63. The van der Waals surface area contributed by atoms with Gasteiger partial charge in [0.05, 0.1) is 18.2 Å². The van der Waals surface area contributed by atoms with E-state index in [0.717, 1.165) is 17.0 Å². The van der Waals surface area contributed by atoms with Gasteiger partial charge in [-0.25, -0.2) is 4.98 Å². The minimum absolute atomic E-state index is 0.249. The van der Waals surface area contributed by atoms with Crippen LogP contribution in [0.1, 0.15) is 5.76 Å². The molecule has 4 aromatic heterocycles. The van der Waals surface area contributed by atoms with Gasteiger partial charge in [0.15, 0.2) is 11.4 Å². The van der Waals surface area contributed by atoms with Gasteiger partial charge < -0.3 is 14.6 Å². The van der Waals surface area contributed by atoms with Crippen molar-refractivity contribution in [3.8, 4) is 22.8 Å². The smallest absolute Gasteiger partial charge is 0.225 e. The summed E-state index contributed by atoms with van der Waals surface area (Å²) in [6, 6.07) is 7.25. The van der Waals surface area contributed by atoms with E-state index in [-0.39, 0.29) is 5.95 Å². The Labute approximate surface area is 119 Å². The molecule has 4 heterocycles. The zero-order valence-electron chi connectivity index (χ0n) is 11.1. The molecule has 0 amide bonds. The molecule has 0 bridgehead atoms. The fraction of sp³-hybridized carbons (Fsp3) is 0.0714. The number of fused-ring (bicyclic) bond motifs is 1. The molecule has 0 radical (unpaired) electrons. The van der Waals surface area contributed by atoms with Gasteiger partial charge in [-0.1, -0.05) is 0 Å². The molecule has 0 saturated carbocycles. The van der Waals surface area contributed by atoms with Crippen LogP contribution in [0.25, 0.3) is 28.5 Å². The number of furan rings is 2. The van der Waals surface area contributed by atoms with E-state index in [1.165, 1.54) is 4.52 Å². The summed E-state index contributed by atoms with van der Waals surface area (Å²) < 4.78 is 12.1. The molecule has 4 rings (SSSR count). The molecule has 0 aliphatic rings. The van der Waals surface area contributed by atoms with Gasteiger partial charge in [-0.15, -0.1) is 0 Å². The lowest BCUT2D eigenvalue weighted by atomic mass is 10.2. The molecule has 0 aliphatic carbocycles. The maximum absolute atomic E-state index is 5.95. The molecular formula is C14H11N5O2. The fourth-order valence-corrected chi connectivity index (χ4v) is 2.21. The molecule has 0 aromatic carbocycles. The van der Waals surface area contributed by atoms with E-state index in [1.54, 1.807) is 24.7 Å². The highest BCUT2D eigenvalue weighted by atomic mass is 16.3. The molecule has 0 aliphatic heterocycles. The van der Waals surface area contributed by atoms with E-state index in [2.05, 4.69) is 15.1 Å². The molecule has 7 nitrogen and oxygen atoms in total. The van der Waals surface area contributed by atoms with Gasteiger partial charge in [0.1, 0.15) is 5.76 Å². The van der Waals surface area contributed by atoms with Crippen LogP contribution in [0.5, 0.6) is 0 Å². The SMILES string of the molecule is Cc1occc1-c1cc2nc(-c3ccco3)nc(N)n2n1. The van der Waals surface area contributed by atoms with Crippen LogP contribution < -0.4 is 5.73 Å². The fourth-order valence-electron chi connectivity index (χ4n) is 2.21. The summed E-state index contributed by atoms with van der Waals surface area (Å²) in [5.74, 6) is 2.03. The van der Waals surface area contributed by atoms with Crippen LogP contribution >= 0.6 is 0 Å². The topological polar surface area (TPSA) is 95.4 Å². The number of hydrogen-bond donors (Lipinski definition) is 1. The molecule has 104 valence electrons. The van der Waals surface area contributed by atoms with Crippen molar-refractivity contribution in [2.24, 2.45) is 0 Å². The lowest BCUT2D eigenvalue weighted by Crippen LogP contribution is -2.05. The summed E-state index contributed by atoms with van der Waals surface area (Å²) in [5.41, 5.74) is 8.19. The van der Waals surface area contributed by atoms with Crippen molar-refractivity contribution >= 4 is 11.6 Å². The van der Waals surface area contributed by atoms with E-state index >= 15 is 0 Å². The third kappa shape index (κ3) is 1.78. The number of nitrogens with two attached hydrogens (primary N) is 1. The number of anilines is 1. The number of nitrogens with zero attached hydrogens (tertiary/aromatic N) is 4. The number of hydrogen-bond acceptors (Lipinski definition) is 6. The quantitative estimate of drug-likeness (QED) is 0.606. The van der Waals surface area contributed by atoms with Crippen molar-refractivity contribution in [1.29, 1.82) is 0 Å². The van der Waals surface area contributed by atoms with Crippen molar-refractivity contribution in [2.45, 2.75) is 6.92 Å². The maximum Gasteiger partial charge on any atom is 0.225 e. The van der Waals surface area contributed by atoms with Crippen LogP contribution in [-0.2, 0) is 0 Å². The minimum atomic E-state index is 0.249. The summed E-state index contributed by atoms with van der Waals surface area (Å²) in [5, 5.41) is 4.41. The first-order chi connectivity index (χ1) is 10.2. The van der Waals surface area contributed by atoms with E-state index in [0.29, 0.717) is 17.2 Å². The summed E-state index contributed by atoms with van der Waals surface area (Å²) in [7, 11) is 0. The van der Waals surface area contributed by atoms with E-state index in [4.69, 9.17) is 14.6 Å². The summed E-state index contributed by atoms with van der Waals surface area (Å²) >= 11 is 0. The third-order valence-corrected chi connectivity index (χ3v) is 3.22. The van der Waals surface area contributed by atoms with Gasteiger partial charge in [-0.3, -0.25) is 0 Å². The van der Waals surface area contributed by atoms with Gasteiger partial charge >= 0.3 is 0 Å². The largest absolute Gasteiger partial charge is 0.469 e. The predicted octanol–water partition coefficient (Wildman–Crippen LogP) is 2.53. The van der Waals surface area contributed by atoms with Gasteiger partial charge in [-0.05, 0) is 25.1 Å². The highest BCUT2D eigenvalue weighted by Crippen LogP contribution is 2.25. The van der Waals surface area contributed by atoms with Crippen molar-refractivity contribution < 1.29 is 8.83 Å². The first kappa shape index (κ1) is 11.7. The van der Waals surface area contributed by atoms with Gasteiger partial charge in [-0.2, -0.15) is 14.6 Å². The molecule has 0 fully saturated rings. The Morgan fingerprint density at radius 1 is 1.14 bits per heavy atom. The van der Waals surface area contributed by atoms with Gasteiger partial charge in [0, 0.05) is 11.6 Å². The van der Waals surface area contributed by atoms with Crippen LogP contribution in [0.15, 0.2) is 45.6 Å². The first-order valence-electron chi connectivity index (χ1n) is 6.34. The van der Waals surface area contributed by atoms with Crippen LogP contribution in [0.2, 0.25) is 0 Å². The van der Waals surface area contributed by atoms with Crippen LogP contribution in [0, 0.1) is 6.92 Å². The molecule has 0 saturated heterocycles. The van der Waals surface area contributed by atoms with E-state index in [9.17, 15) is 0 Å². The Morgan fingerprint density at radius 2 is 2.05 bits per heavy atom. The zero-order valence-corrected chi connectivity index (χ0v) is 11.1. The highest BCUT2D eigenvalue weighted by molar-refractivity contribution is 5.67. The number of nitrogen functional groups attached to an aromatic ring is 1. The Bertz CT molecular complexity index is 920. The Kier molecular flexibility index (Phi) is 2.34. The summed E-state index contributed by atoms with van der Waals surface area (Å²) in [6.07, 6.45) is 3.19. The molecule has 0 spiro atoms. The molecule has 21 heavy (non-hydrogen) atoms. The molecule has 4 aromatic rings. The average Bonchev–Trinajstić information content (AvgIpc) is 3.17. The number of aryl methyl sites for hydroxylation is 1. The van der Waals surface area contributed by atoms with Crippen molar-refractivity contribution in [1.82, 2.24) is 19.6 Å². The standard InChI is InChI=1S/C14H11N5O2/c1-8-9(4-6-20-8)10-7-12-16-13(11-3-2-5-21-11)17-14(15)19(12)18-10/h2-7H,1H3,(H2,15,16,17). The monoisotopic (exact) mass is 281 g/mol. The first-order valence-corrected chi connectivity index (χ1v) is 6.34. The zero-order chi connectivity index (χ0) is 14.4. The van der Waals surface area contributed by atoms with Crippen LogP contribution in [0.3, 0.4) is 0 Å². The lowest BCUT2D eigenvalue weighted by molar-refractivity contribution is 0.535. The number of rotatable bonds is 2.